The molecule has 0 aliphatic carbocycles. The minimum Gasteiger partial charge on any atom is -0.394 e. The quantitative estimate of drug-likeness (QED) is 0.0203. The Hall–Kier alpha value is -10.7. The van der Waals surface area contributed by atoms with Crippen molar-refractivity contribution in [3.8, 4) is 0 Å². The van der Waals surface area contributed by atoms with Crippen molar-refractivity contribution in [3.05, 3.63) is 215 Å². The average Bonchev–Trinajstić information content (AvgIpc) is 1.64. The van der Waals surface area contributed by atoms with E-state index < -0.39 is 75.0 Å². The smallest absolute Gasteiger partial charge is 0.163 e. The van der Waals surface area contributed by atoms with Crippen LogP contribution in [0, 0.1) is 0 Å². The van der Waals surface area contributed by atoms with E-state index in [9.17, 15) is 61.3 Å². The van der Waals surface area contributed by atoms with Crippen molar-refractivity contribution >= 4 is 69.1 Å². The maximum Gasteiger partial charge on any atom is 0.163 e. The number of nitrogens with one attached hydrogen (secondary N) is 8. The van der Waals surface area contributed by atoms with Gasteiger partial charge in [-0.05, 0) is 45.9 Å². The number of aliphatic hydroxyl groups excluding tert-OH is 12. The lowest BCUT2D eigenvalue weighted by atomic mass is 10.1. The number of anilines is 8. The van der Waals surface area contributed by atoms with Crippen LogP contribution in [0.3, 0.4) is 0 Å². The number of aliphatic hydroxyl groups is 12. The van der Waals surface area contributed by atoms with E-state index >= 15 is 0 Å². The van der Waals surface area contributed by atoms with Crippen LogP contribution in [-0.2, 0) is 26.2 Å². The van der Waals surface area contributed by atoms with Crippen LogP contribution in [0.5, 0.6) is 0 Å². The first kappa shape index (κ1) is 85.3. The molecular weight excluding hydrogens is 1430 g/mol. The third-order valence-corrected chi connectivity index (χ3v) is 18.5. The average molecular weight is 1540 g/mol. The maximum absolute atomic E-state index is 9.88. The van der Waals surface area contributed by atoms with Gasteiger partial charge in [0.15, 0.2) is 22.6 Å². The van der Waals surface area contributed by atoms with E-state index in [1.54, 1.807) is 67.1 Å². The molecule has 0 aliphatic heterocycles. The molecule has 112 heavy (non-hydrogen) atoms. The van der Waals surface area contributed by atoms with Gasteiger partial charge in [-0.3, -0.25) is 0 Å². The molecule has 0 fully saturated rings. The molecule has 12 aromatic rings. The SMILES string of the molecule is CC(C)c1cnn2c(NCc3ccccc3)cc(N[C@@H](CO)[C@@H](O)CO)nc12.CC(C)c1cnn2c(NCc3ccccc3)cc(N[C@@H](CO)[C@H](O)CO)nc12.CC(C)c1cnn2c(NCc3ccccc3)cc(N[C@H](CO)[C@@H](O)CO)nc12.CC(C)c1cnn2c(NCc3ccccc3)cc(N[C@H](CO)[C@H](O)CO)nc12. The van der Waals surface area contributed by atoms with E-state index in [1.165, 1.54) is 0 Å². The van der Waals surface area contributed by atoms with E-state index in [4.69, 9.17) is 0 Å². The largest absolute Gasteiger partial charge is 0.394 e. The fraction of sp³-hybridized carbons (Fsp3) is 0.400. The molecule has 0 radical (unpaired) electrons. The van der Waals surface area contributed by atoms with Gasteiger partial charge in [-0.25, -0.2) is 19.9 Å². The molecule has 0 amide bonds. The molecule has 32 heteroatoms. The highest BCUT2D eigenvalue weighted by Gasteiger charge is 2.26. The predicted octanol–water partition coefficient (Wildman–Crippen LogP) is 6.36. The Morgan fingerprint density at radius 1 is 0.277 bits per heavy atom. The lowest BCUT2D eigenvalue weighted by molar-refractivity contribution is 0.0611. The van der Waals surface area contributed by atoms with Gasteiger partial charge in [0.05, 0.1) is 126 Å². The fourth-order valence-electron chi connectivity index (χ4n) is 11.8. The summed E-state index contributed by atoms with van der Waals surface area (Å²) in [5, 5.41) is 158. The minimum absolute atomic E-state index is 0.235. The number of nitrogens with zero attached hydrogens (tertiary/aromatic N) is 12. The molecule has 8 atom stereocenters. The van der Waals surface area contributed by atoms with E-state index in [-0.39, 0.29) is 50.1 Å². The van der Waals surface area contributed by atoms with Gasteiger partial charge >= 0.3 is 0 Å². The van der Waals surface area contributed by atoms with Crippen molar-refractivity contribution in [2.75, 3.05) is 95.4 Å². The first-order valence-corrected chi connectivity index (χ1v) is 37.4. The first-order valence-electron chi connectivity index (χ1n) is 37.4. The molecule has 8 aromatic heterocycles. The second-order valence-electron chi connectivity index (χ2n) is 28.2. The molecule has 20 N–H and O–H groups in total. The highest BCUT2D eigenvalue weighted by Crippen LogP contribution is 2.30. The topological polar surface area (TPSA) is 460 Å². The summed E-state index contributed by atoms with van der Waals surface area (Å²) >= 11 is 0. The Bertz CT molecular complexity index is 4190. The fourth-order valence-corrected chi connectivity index (χ4v) is 11.8. The van der Waals surface area contributed by atoms with E-state index in [0.29, 0.717) is 72.0 Å². The van der Waals surface area contributed by atoms with Crippen molar-refractivity contribution in [1.82, 2.24) is 58.4 Å². The highest BCUT2D eigenvalue weighted by atomic mass is 16.3. The van der Waals surface area contributed by atoms with Crippen molar-refractivity contribution in [1.29, 1.82) is 0 Å². The Morgan fingerprint density at radius 3 is 0.625 bits per heavy atom. The van der Waals surface area contributed by atoms with Gasteiger partial charge in [0.2, 0.25) is 0 Å². The van der Waals surface area contributed by atoms with Crippen molar-refractivity contribution < 1.29 is 61.3 Å². The Kier molecular flexibility index (Phi) is 32.0. The molecule has 12 rings (SSSR count). The summed E-state index contributed by atoms with van der Waals surface area (Å²) in [6, 6.07) is 44.2. The number of benzene rings is 4. The van der Waals surface area contributed by atoms with Crippen LogP contribution in [0.2, 0.25) is 0 Å². The second kappa shape index (κ2) is 42.1. The van der Waals surface area contributed by atoms with Crippen molar-refractivity contribution in [2.45, 2.75) is 154 Å². The molecule has 0 bridgehead atoms. The van der Waals surface area contributed by atoms with Crippen LogP contribution in [0.25, 0.3) is 22.6 Å². The summed E-state index contributed by atoms with van der Waals surface area (Å²) in [5.41, 5.74) is 11.3. The molecule has 4 aromatic carbocycles. The van der Waals surface area contributed by atoms with Gasteiger partial charge in [-0.2, -0.15) is 38.5 Å². The summed E-state index contributed by atoms with van der Waals surface area (Å²) < 4.78 is 7.00. The molecule has 0 spiro atoms. The normalized spacial score (nSPS) is 13.6. The number of fused-ring (bicyclic) bond motifs is 4. The van der Waals surface area contributed by atoms with Crippen molar-refractivity contribution in [2.24, 2.45) is 0 Å². The number of rotatable bonds is 36. The summed E-state index contributed by atoms with van der Waals surface area (Å²) in [4.78, 5) is 18.5. The molecule has 8 heterocycles. The van der Waals surface area contributed by atoms with E-state index in [0.717, 1.165) is 67.8 Å². The van der Waals surface area contributed by atoms with Gasteiger partial charge in [-0.15, -0.1) is 0 Å². The molecule has 0 saturated carbocycles. The van der Waals surface area contributed by atoms with Gasteiger partial charge in [0.1, 0.15) is 46.5 Å². The molecule has 0 aliphatic rings. The van der Waals surface area contributed by atoms with Crippen LogP contribution in [0.1, 0.15) is 124 Å². The van der Waals surface area contributed by atoms with Crippen LogP contribution in [0.4, 0.5) is 46.5 Å². The number of hydrogen-bond acceptors (Lipinski definition) is 28. The lowest BCUT2D eigenvalue weighted by Gasteiger charge is -2.22. The molecule has 0 saturated heterocycles. The predicted molar refractivity (Wildman–Crippen MR) is 434 cm³/mol. The minimum atomic E-state index is -1.10. The summed E-state index contributed by atoms with van der Waals surface area (Å²) in [5.74, 6) is 5.81. The van der Waals surface area contributed by atoms with Gasteiger partial charge in [0.25, 0.3) is 0 Å². The first-order chi connectivity index (χ1) is 54.1. The maximum atomic E-state index is 9.88. The summed E-state index contributed by atoms with van der Waals surface area (Å²) in [7, 11) is 0. The monoisotopic (exact) mass is 1540 g/mol. The van der Waals surface area contributed by atoms with Gasteiger partial charge in [-0.1, -0.05) is 177 Å². The molecule has 32 nitrogen and oxygen atoms in total. The summed E-state index contributed by atoms with van der Waals surface area (Å²) in [6.07, 6.45) is 2.81. The summed E-state index contributed by atoms with van der Waals surface area (Å²) in [6.45, 7) is 15.8. The Labute approximate surface area is 650 Å². The zero-order valence-corrected chi connectivity index (χ0v) is 64.3. The Morgan fingerprint density at radius 2 is 0.464 bits per heavy atom. The highest BCUT2D eigenvalue weighted by molar-refractivity contribution is 5.65. The molecular formula is C80H108N20O12. The molecule has 600 valence electrons. The second-order valence-corrected chi connectivity index (χ2v) is 28.2. The Balaban J connectivity index is 0.000000171. The van der Waals surface area contributed by atoms with Gasteiger partial charge in [0, 0.05) is 72.7 Å². The number of hydrogen-bond donors (Lipinski definition) is 20. The third kappa shape index (κ3) is 22.8. The van der Waals surface area contributed by atoms with Crippen LogP contribution < -0.4 is 42.5 Å². The lowest BCUT2D eigenvalue weighted by Crippen LogP contribution is -2.39. The van der Waals surface area contributed by atoms with E-state index in [1.807, 2.05) is 121 Å². The zero-order valence-electron chi connectivity index (χ0n) is 64.3. The van der Waals surface area contributed by atoms with Crippen LogP contribution >= 0.6 is 0 Å². The van der Waals surface area contributed by atoms with Crippen LogP contribution in [-0.4, -0.2) is 221 Å². The third-order valence-electron chi connectivity index (χ3n) is 18.5. The zero-order chi connectivity index (χ0) is 80.4. The van der Waals surface area contributed by atoms with Crippen molar-refractivity contribution in [3.63, 3.8) is 0 Å². The standard InChI is InChI=1S/4C20H27N5O3/c4*1-13(2)15-10-22-25-19(21-9-14-6-4-3-5-7-14)8-18(24-20(15)25)23-16(11-26)17(28)12-27/h4*3-8,10,13,16-17,21,26-28H,9,11-12H2,1-2H3,(H,23,24)/t2*16-,17+;2*16-,17-/m1010/s1. The van der Waals surface area contributed by atoms with E-state index in [2.05, 4.69) is 138 Å². The van der Waals surface area contributed by atoms with Gasteiger partial charge < -0.3 is 104 Å². The van der Waals surface area contributed by atoms with Crippen LogP contribution in [0.15, 0.2) is 170 Å². The number of aromatic nitrogens is 12. The molecule has 0 unspecified atom stereocenters.